The first kappa shape index (κ1) is 20.3. The fraction of sp³-hybridized carbons (Fsp3) is 0.320. The molecule has 2 aromatic heterocycles. The molecule has 1 aliphatic rings. The molecule has 0 bridgehead atoms. The van der Waals surface area contributed by atoms with E-state index in [1.807, 2.05) is 41.3 Å². The number of para-hydroxylation sites is 2. The summed E-state index contributed by atoms with van der Waals surface area (Å²) in [7, 11) is 1.64. The molecule has 1 N–H and O–H groups in total. The smallest absolute Gasteiger partial charge is 0.271 e. The topological polar surface area (TPSA) is 76.0 Å². The van der Waals surface area contributed by atoms with E-state index >= 15 is 0 Å². The van der Waals surface area contributed by atoms with Crippen molar-refractivity contribution in [3.05, 3.63) is 66.1 Å². The van der Waals surface area contributed by atoms with Crippen LogP contribution in [0.2, 0.25) is 0 Å². The molecule has 0 spiro atoms. The number of nitrogens with zero attached hydrogens (tertiary/aromatic N) is 4. The highest BCUT2D eigenvalue weighted by molar-refractivity contribution is 5.93. The summed E-state index contributed by atoms with van der Waals surface area (Å²) in [5.41, 5.74) is 4.42. The maximum Gasteiger partial charge on any atom is 0.271 e. The highest BCUT2D eigenvalue weighted by Gasteiger charge is 2.26. The zero-order valence-corrected chi connectivity index (χ0v) is 18.4. The van der Waals surface area contributed by atoms with Gasteiger partial charge in [0, 0.05) is 25.2 Å². The Morgan fingerprint density at radius 2 is 1.94 bits per heavy atom. The number of carbonyl (C=O) groups is 1. The van der Waals surface area contributed by atoms with Gasteiger partial charge in [0.05, 0.1) is 23.8 Å². The van der Waals surface area contributed by atoms with Crippen molar-refractivity contribution in [3.63, 3.8) is 0 Å². The predicted molar refractivity (Wildman–Crippen MR) is 124 cm³/mol. The summed E-state index contributed by atoms with van der Waals surface area (Å²) >= 11 is 0. The van der Waals surface area contributed by atoms with Gasteiger partial charge in [-0.25, -0.2) is 4.98 Å². The lowest BCUT2D eigenvalue weighted by atomic mass is 9.96. The minimum absolute atomic E-state index is 0.00866. The SMILES string of the molecule is COc1cccc(-c2cc(C(=O)N3CCC(Cn4c(C)nc5ccccc54)CC3)[nH]n2)c1. The van der Waals surface area contributed by atoms with Crippen LogP contribution in [0, 0.1) is 12.8 Å². The summed E-state index contributed by atoms with van der Waals surface area (Å²) < 4.78 is 7.60. The van der Waals surface area contributed by atoms with E-state index in [9.17, 15) is 4.79 Å². The van der Waals surface area contributed by atoms with Crippen molar-refractivity contribution >= 4 is 16.9 Å². The number of aromatic nitrogens is 4. The molecule has 32 heavy (non-hydrogen) atoms. The third kappa shape index (κ3) is 3.86. The van der Waals surface area contributed by atoms with Crippen molar-refractivity contribution in [1.29, 1.82) is 0 Å². The number of carbonyl (C=O) groups excluding carboxylic acids is 1. The monoisotopic (exact) mass is 429 g/mol. The third-order valence-electron chi connectivity index (χ3n) is 6.36. The second-order valence-electron chi connectivity index (χ2n) is 8.39. The number of nitrogens with one attached hydrogen (secondary N) is 1. The molecule has 1 amide bonds. The van der Waals surface area contributed by atoms with Crippen LogP contribution in [0.5, 0.6) is 5.75 Å². The number of ether oxygens (including phenoxy) is 1. The first-order valence-electron chi connectivity index (χ1n) is 11.0. The molecule has 1 saturated heterocycles. The van der Waals surface area contributed by atoms with Crippen LogP contribution in [0.4, 0.5) is 0 Å². The van der Waals surface area contributed by atoms with Crippen molar-refractivity contribution in [2.24, 2.45) is 5.92 Å². The molecule has 2 aromatic carbocycles. The standard InChI is InChI=1S/C25H27N5O2/c1-17-26-21-8-3-4-9-24(21)30(17)16-18-10-12-29(13-11-18)25(31)23-15-22(27-28-23)19-6-5-7-20(14-19)32-2/h3-9,14-15,18H,10-13,16H2,1-2H3,(H,27,28). The lowest BCUT2D eigenvalue weighted by molar-refractivity contribution is 0.0677. The molecule has 7 nitrogen and oxygen atoms in total. The Hall–Kier alpha value is -3.61. The van der Waals surface area contributed by atoms with Crippen LogP contribution in [0.1, 0.15) is 29.2 Å². The molecule has 1 fully saturated rings. The minimum atomic E-state index is 0.00866. The average Bonchev–Trinajstić information content (AvgIpc) is 3.44. The van der Waals surface area contributed by atoms with E-state index in [-0.39, 0.29) is 5.91 Å². The van der Waals surface area contributed by atoms with Crippen molar-refractivity contribution < 1.29 is 9.53 Å². The van der Waals surface area contributed by atoms with E-state index in [1.54, 1.807) is 7.11 Å². The van der Waals surface area contributed by atoms with Gasteiger partial charge in [0.2, 0.25) is 0 Å². The fourth-order valence-corrected chi connectivity index (χ4v) is 4.54. The Kier molecular flexibility index (Phi) is 5.39. The van der Waals surface area contributed by atoms with Gasteiger partial charge < -0.3 is 14.2 Å². The summed E-state index contributed by atoms with van der Waals surface area (Å²) in [6.45, 7) is 4.51. The van der Waals surface area contributed by atoms with Crippen LogP contribution in [0.3, 0.4) is 0 Å². The van der Waals surface area contributed by atoms with Crippen LogP contribution in [-0.2, 0) is 6.54 Å². The quantitative estimate of drug-likeness (QED) is 0.513. The van der Waals surface area contributed by atoms with E-state index < -0.39 is 0 Å². The lowest BCUT2D eigenvalue weighted by Gasteiger charge is -2.32. The van der Waals surface area contributed by atoms with Gasteiger partial charge in [0.25, 0.3) is 5.91 Å². The highest BCUT2D eigenvalue weighted by Crippen LogP contribution is 2.26. The lowest BCUT2D eigenvalue weighted by Crippen LogP contribution is -2.39. The first-order valence-corrected chi connectivity index (χ1v) is 11.0. The van der Waals surface area contributed by atoms with Crippen molar-refractivity contribution in [1.82, 2.24) is 24.6 Å². The molecule has 4 aromatic rings. The number of imidazole rings is 1. The second kappa shape index (κ2) is 8.49. The van der Waals surface area contributed by atoms with Crippen LogP contribution >= 0.6 is 0 Å². The molecule has 0 saturated carbocycles. The van der Waals surface area contributed by atoms with Crippen LogP contribution < -0.4 is 4.74 Å². The van der Waals surface area contributed by atoms with Gasteiger partial charge in [-0.15, -0.1) is 0 Å². The third-order valence-corrected chi connectivity index (χ3v) is 6.36. The van der Waals surface area contributed by atoms with E-state index in [2.05, 4.69) is 44.9 Å². The number of benzene rings is 2. The number of hydrogen-bond acceptors (Lipinski definition) is 4. The Bertz CT molecular complexity index is 1250. The summed E-state index contributed by atoms with van der Waals surface area (Å²) in [6.07, 6.45) is 1.96. The van der Waals surface area contributed by atoms with Crippen LogP contribution in [-0.4, -0.2) is 50.8 Å². The minimum Gasteiger partial charge on any atom is -0.497 e. The molecule has 0 unspecified atom stereocenters. The zero-order chi connectivity index (χ0) is 22.1. The van der Waals surface area contributed by atoms with E-state index in [0.717, 1.165) is 60.8 Å². The maximum absolute atomic E-state index is 13.0. The number of aryl methyl sites for hydroxylation is 1. The second-order valence-corrected chi connectivity index (χ2v) is 8.39. The molecular weight excluding hydrogens is 402 g/mol. The fourth-order valence-electron chi connectivity index (χ4n) is 4.54. The summed E-state index contributed by atoms with van der Waals surface area (Å²) in [6, 6.07) is 17.8. The number of amides is 1. The molecular formula is C25H27N5O2. The molecule has 0 aliphatic carbocycles. The zero-order valence-electron chi connectivity index (χ0n) is 18.4. The van der Waals surface area contributed by atoms with E-state index in [4.69, 9.17) is 4.74 Å². The van der Waals surface area contributed by atoms with Crippen molar-refractivity contribution in [3.8, 4) is 17.0 Å². The number of likely N-dealkylation sites (tertiary alicyclic amines) is 1. The van der Waals surface area contributed by atoms with Gasteiger partial charge in [-0.3, -0.25) is 9.89 Å². The van der Waals surface area contributed by atoms with Gasteiger partial charge in [0.15, 0.2) is 0 Å². The largest absolute Gasteiger partial charge is 0.497 e. The Morgan fingerprint density at radius 3 is 2.75 bits per heavy atom. The number of methoxy groups -OCH3 is 1. The molecule has 5 rings (SSSR count). The number of H-pyrrole nitrogens is 1. The summed E-state index contributed by atoms with van der Waals surface area (Å²) in [5, 5.41) is 7.26. The number of hydrogen-bond donors (Lipinski definition) is 1. The summed E-state index contributed by atoms with van der Waals surface area (Å²) in [4.78, 5) is 19.6. The summed E-state index contributed by atoms with van der Waals surface area (Å²) in [5.74, 6) is 2.35. The van der Waals surface area contributed by atoms with E-state index in [0.29, 0.717) is 11.6 Å². The number of piperidine rings is 1. The molecule has 7 heteroatoms. The first-order chi connectivity index (χ1) is 15.6. The Labute approximate surface area is 187 Å². The molecule has 3 heterocycles. The Balaban J connectivity index is 1.23. The maximum atomic E-state index is 13.0. The molecule has 0 atom stereocenters. The van der Waals surface area contributed by atoms with Gasteiger partial charge in [-0.2, -0.15) is 5.10 Å². The molecule has 0 radical (unpaired) electrons. The average molecular weight is 430 g/mol. The number of rotatable bonds is 5. The Morgan fingerprint density at radius 1 is 1.12 bits per heavy atom. The van der Waals surface area contributed by atoms with Crippen LogP contribution in [0.25, 0.3) is 22.3 Å². The molecule has 164 valence electrons. The van der Waals surface area contributed by atoms with Crippen LogP contribution in [0.15, 0.2) is 54.6 Å². The van der Waals surface area contributed by atoms with Crippen molar-refractivity contribution in [2.75, 3.05) is 20.2 Å². The van der Waals surface area contributed by atoms with Crippen molar-refractivity contribution in [2.45, 2.75) is 26.3 Å². The molecule has 1 aliphatic heterocycles. The van der Waals surface area contributed by atoms with Gasteiger partial charge in [0.1, 0.15) is 17.3 Å². The van der Waals surface area contributed by atoms with E-state index in [1.165, 1.54) is 5.52 Å². The number of aromatic amines is 1. The highest BCUT2D eigenvalue weighted by atomic mass is 16.5. The van der Waals surface area contributed by atoms with Gasteiger partial charge >= 0.3 is 0 Å². The van der Waals surface area contributed by atoms with Gasteiger partial charge in [-0.1, -0.05) is 24.3 Å². The number of fused-ring (bicyclic) bond motifs is 1. The normalized spacial score (nSPS) is 14.8. The van der Waals surface area contributed by atoms with Gasteiger partial charge in [-0.05, 0) is 56.0 Å². The predicted octanol–water partition coefficient (Wildman–Crippen LogP) is 4.30.